The topological polar surface area (TPSA) is 44.8 Å². The highest BCUT2D eigenvalue weighted by atomic mass is 19.2. The SMILES string of the molecule is C=CC(=O)OCc1cc(OCc2c(F)c(F)c(F)c(F)c2F)cc(OCc2c(F)c(F)c(F)c(F)c2F)c1. The van der Waals surface area contributed by atoms with E-state index in [0.717, 1.165) is 24.3 Å². The summed E-state index contributed by atoms with van der Waals surface area (Å²) in [5.74, 6) is -24.0. The van der Waals surface area contributed by atoms with Gasteiger partial charge < -0.3 is 14.2 Å². The Morgan fingerprint density at radius 3 is 1.26 bits per heavy atom. The van der Waals surface area contributed by atoms with E-state index in [9.17, 15) is 48.7 Å². The number of esters is 1. The summed E-state index contributed by atoms with van der Waals surface area (Å²) < 4.78 is 151. The lowest BCUT2D eigenvalue weighted by molar-refractivity contribution is -0.138. The third-order valence-corrected chi connectivity index (χ3v) is 4.86. The Labute approximate surface area is 206 Å². The fourth-order valence-electron chi connectivity index (χ4n) is 2.96. The summed E-state index contributed by atoms with van der Waals surface area (Å²) in [6.45, 7) is 0.222. The van der Waals surface area contributed by atoms with Crippen LogP contribution in [0.25, 0.3) is 0 Å². The summed E-state index contributed by atoms with van der Waals surface area (Å²) >= 11 is 0. The van der Waals surface area contributed by atoms with Crippen LogP contribution in [-0.2, 0) is 29.4 Å². The molecule has 0 amide bonds. The zero-order valence-electron chi connectivity index (χ0n) is 18.6. The van der Waals surface area contributed by atoms with Crippen LogP contribution >= 0.6 is 0 Å². The minimum Gasteiger partial charge on any atom is -0.489 e. The Hall–Kier alpha value is -4.23. The lowest BCUT2D eigenvalue weighted by Gasteiger charge is -2.14. The number of hydrogen-bond acceptors (Lipinski definition) is 4. The maximum atomic E-state index is 13.9. The van der Waals surface area contributed by atoms with Gasteiger partial charge in [0.05, 0.1) is 11.1 Å². The van der Waals surface area contributed by atoms with E-state index in [1.54, 1.807) is 0 Å². The minimum atomic E-state index is -2.39. The first-order valence-electron chi connectivity index (χ1n) is 10.1. The average molecular weight is 554 g/mol. The van der Waals surface area contributed by atoms with Crippen LogP contribution in [0.15, 0.2) is 30.9 Å². The maximum absolute atomic E-state index is 13.9. The minimum absolute atomic E-state index is 0.00234. The van der Waals surface area contributed by atoms with Crippen molar-refractivity contribution in [2.75, 3.05) is 0 Å². The molecule has 0 aliphatic rings. The van der Waals surface area contributed by atoms with Gasteiger partial charge >= 0.3 is 5.97 Å². The molecule has 3 rings (SSSR count). The van der Waals surface area contributed by atoms with Crippen molar-refractivity contribution in [1.29, 1.82) is 0 Å². The predicted octanol–water partition coefficient (Wildman–Crippen LogP) is 6.46. The summed E-state index contributed by atoms with van der Waals surface area (Å²) in [7, 11) is 0. The predicted molar refractivity (Wildman–Crippen MR) is 108 cm³/mol. The number of carbonyl (C=O) groups excluding carboxylic acids is 1. The first kappa shape index (κ1) is 28.3. The first-order chi connectivity index (χ1) is 17.9. The highest BCUT2D eigenvalue weighted by Crippen LogP contribution is 2.29. The van der Waals surface area contributed by atoms with Crippen LogP contribution in [-0.4, -0.2) is 5.97 Å². The molecule has 0 saturated carbocycles. The van der Waals surface area contributed by atoms with Crippen molar-refractivity contribution < 1.29 is 62.9 Å². The van der Waals surface area contributed by atoms with E-state index in [2.05, 4.69) is 6.58 Å². The van der Waals surface area contributed by atoms with Gasteiger partial charge in [-0.15, -0.1) is 0 Å². The van der Waals surface area contributed by atoms with Crippen LogP contribution in [0.4, 0.5) is 43.9 Å². The summed E-state index contributed by atoms with van der Waals surface area (Å²) in [6, 6.07) is 3.05. The fraction of sp³-hybridized carbons (Fsp3) is 0.125. The Bertz CT molecular complexity index is 1270. The van der Waals surface area contributed by atoms with E-state index in [1.165, 1.54) is 0 Å². The molecule has 4 nitrogen and oxygen atoms in total. The van der Waals surface area contributed by atoms with Gasteiger partial charge in [0.25, 0.3) is 0 Å². The van der Waals surface area contributed by atoms with Crippen molar-refractivity contribution in [3.8, 4) is 11.5 Å². The van der Waals surface area contributed by atoms with Gasteiger partial charge in [-0.25, -0.2) is 48.7 Å². The molecule has 0 unspecified atom stereocenters. The molecule has 0 bridgehead atoms. The Kier molecular flexibility index (Phi) is 8.53. The van der Waals surface area contributed by atoms with Crippen LogP contribution in [0.2, 0.25) is 0 Å². The van der Waals surface area contributed by atoms with Crippen LogP contribution in [0.1, 0.15) is 16.7 Å². The molecule has 0 saturated heterocycles. The molecule has 38 heavy (non-hydrogen) atoms. The number of carbonyl (C=O) groups is 1. The van der Waals surface area contributed by atoms with Gasteiger partial charge in [0.15, 0.2) is 46.5 Å². The number of hydrogen-bond donors (Lipinski definition) is 0. The number of ether oxygens (including phenoxy) is 3. The molecule has 0 atom stereocenters. The van der Waals surface area contributed by atoms with Gasteiger partial charge in [0.2, 0.25) is 11.6 Å². The van der Waals surface area contributed by atoms with Gasteiger partial charge in [-0.1, -0.05) is 6.58 Å². The lowest BCUT2D eigenvalue weighted by Crippen LogP contribution is -2.11. The highest BCUT2D eigenvalue weighted by molar-refractivity contribution is 5.81. The molecule has 0 aliphatic carbocycles. The molecule has 0 heterocycles. The molecule has 0 N–H and O–H groups in total. The molecule has 0 fully saturated rings. The van der Waals surface area contributed by atoms with E-state index in [-0.39, 0.29) is 5.56 Å². The molecule has 202 valence electrons. The van der Waals surface area contributed by atoms with Crippen molar-refractivity contribution in [3.05, 3.63) is 106 Å². The number of rotatable bonds is 9. The standard InChI is InChI=1S/C24H12F10O4/c1-2-14(35)38-6-9-3-10(36-7-12-15(25)19(29)23(33)20(30)16(12)26)5-11(4-9)37-8-13-17(27)21(31)24(34)22(32)18(13)28/h2-5H,1,6-8H2. The van der Waals surface area contributed by atoms with E-state index >= 15 is 0 Å². The van der Waals surface area contributed by atoms with Crippen molar-refractivity contribution >= 4 is 5.97 Å². The molecule has 14 heteroatoms. The second-order valence-electron chi connectivity index (χ2n) is 7.30. The summed E-state index contributed by atoms with van der Waals surface area (Å²) in [5.41, 5.74) is -2.68. The van der Waals surface area contributed by atoms with E-state index in [4.69, 9.17) is 14.2 Å². The molecule has 3 aromatic carbocycles. The first-order valence-corrected chi connectivity index (χ1v) is 10.1. The van der Waals surface area contributed by atoms with E-state index in [1.807, 2.05) is 0 Å². The van der Waals surface area contributed by atoms with Crippen LogP contribution in [0, 0.1) is 58.2 Å². The molecule has 0 aliphatic heterocycles. The second-order valence-corrected chi connectivity index (χ2v) is 7.30. The maximum Gasteiger partial charge on any atom is 0.330 e. The van der Waals surface area contributed by atoms with Crippen molar-refractivity contribution in [2.45, 2.75) is 19.8 Å². The molecule has 3 aromatic rings. The number of halogens is 10. The normalized spacial score (nSPS) is 10.9. The average Bonchev–Trinajstić information content (AvgIpc) is 2.91. The lowest BCUT2D eigenvalue weighted by atomic mass is 10.1. The zero-order chi connectivity index (χ0) is 28.3. The third-order valence-electron chi connectivity index (χ3n) is 4.86. The molecular weight excluding hydrogens is 542 g/mol. The van der Waals surface area contributed by atoms with Gasteiger partial charge in [-0.3, -0.25) is 0 Å². The smallest absolute Gasteiger partial charge is 0.330 e. The Morgan fingerprint density at radius 2 is 0.921 bits per heavy atom. The monoisotopic (exact) mass is 554 g/mol. The Morgan fingerprint density at radius 1 is 0.579 bits per heavy atom. The Balaban J connectivity index is 1.92. The fourth-order valence-corrected chi connectivity index (χ4v) is 2.96. The van der Waals surface area contributed by atoms with Crippen LogP contribution < -0.4 is 9.47 Å². The van der Waals surface area contributed by atoms with Gasteiger partial charge in [0.1, 0.15) is 31.3 Å². The molecule has 0 radical (unpaired) electrons. The second kappa shape index (κ2) is 11.4. The molecular formula is C24H12F10O4. The molecule has 0 aromatic heterocycles. The van der Waals surface area contributed by atoms with Gasteiger partial charge in [0, 0.05) is 12.1 Å². The van der Waals surface area contributed by atoms with Gasteiger partial charge in [-0.05, 0) is 17.7 Å². The highest BCUT2D eigenvalue weighted by Gasteiger charge is 2.27. The van der Waals surface area contributed by atoms with Crippen molar-refractivity contribution in [1.82, 2.24) is 0 Å². The molecule has 0 spiro atoms. The van der Waals surface area contributed by atoms with E-state index in [0.29, 0.717) is 0 Å². The zero-order valence-corrected chi connectivity index (χ0v) is 18.6. The largest absolute Gasteiger partial charge is 0.489 e. The van der Waals surface area contributed by atoms with Crippen molar-refractivity contribution in [3.63, 3.8) is 0 Å². The third kappa shape index (κ3) is 5.68. The quantitative estimate of drug-likeness (QED) is 0.100. The summed E-state index contributed by atoms with van der Waals surface area (Å²) in [4.78, 5) is 11.3. The number of benzene rings is 3. The van der Waals surface area contributed by atoms with Crippen LogP contribution in [0.3, 0.4) is 0 Å². The van der Waals surface area contributed by atoms with Gasteiger partial charge in [-0.2, -0.15) is 0 Å². The van der Waals surface area contributed by atoms with Crippen molar-refractivity contribution in [2.24, 2.45) is 0 Å². The summed E-state index contributed by atoms with van der Waals surface area (Å²) in [5, 5.41) is 0. The van der Waals surface area contributed by atoms with E-state index < -0.39 is 107 Å². The summed E-state index contributed by atoms with van der Waals surface area (Å²) in [6.07, 6.45) is 0.796. The van der Waals surface area contributed by atoms with Crippen LogP contribution in [0.5, 0.6) is 11.5 Å².